The number of hydrogen-bond acceptors (Lipinski definition) is 2. The van der Waals surface area contributed by atoms with Gasteiger partial charge < -0.3 is 14.9 Å². The van der Waals surface area contributed by atoms with Crippen LogP contribution >= 0.6 is 0 Å². The number of carboxylic acids is 1. The maximum absolute atomic E-state index is 12.7. The van der Waals surface area contributed by atoms with Crippen molar-refractivity contribution in [1.29, 1.82) is 0 Å². The van der Waals surface area contributed by atoms with E-state index in [0.717, 1.165) is 25.8 Å². The van der Waals surface area contributed by atoms with Gasteiger partial charge in [-0.05, 0) is 40.5 Å². The van der Waals surface area contributed by atoms with Gasteiger partial charge in [0.15, 0.2) is 0 Å². The minimum absolute atomic E-state index is 0.0292. The summed E-state index contributed by atoms with van der Waals surface area (Å²) in [5.74, 6) is -0.810. The number of carbonyl (C=O) groups is 2. The van der Waals surface area contributed by atoms with Crippen molar-refractivity contribution in [3.63, 3.8) is 0 Å². The van der Waals surface area contributed by atoms with Crippen molar-refractivity contribution >= 4 is 12.0 Å². The third kappa shape index (κ3) is 7.93. The van der Waals surface area contributed by atoms with Crippen molar-refractivity contribution in [3.05, 3.63) is 0 Å². The molecule has 0 radical (unpaired) electrons. The predicted octanol–water partition coefficient (Wildman–Crippen LogP) is 3.58. The highest BCUT2D eigenvalue weighted by atomic mass is 16.4. The lowest BCUT2D eigenvalue weighted by Gasteiger charge is -2.35. The monoisotopic (exact) mass is 300 g/mol. The summed E-state index contributed by atoms with van der Waals surface area (Å²) in [5, 5.41) is 8.73. The molecule has 0 aromatic rings. The van der Waals surface area contributed by atoms with Crippen molar-refractivity contribution in [2.45, 2.75) is 78.8 Å². The number of amides is 2. The van der Waals surface area contributed by atoms with Crippen LogP contribution in [0.5, 0.6) is 0 Å². The lowest BCUT2D eigenvalue weighted by atomic mass is 10.2. The molecule has 124 valence electrons. The quantitative estimate of drug-likeness (QED) is 0.627. The number of carbonyl (C=O) groups excluding carboxylic acids is 1. The highest BCUT2D eigenvalue weighted by Gasteiger charge is 2.24. The van der Waals surface area contributed by atoms with E-state index in [1.54, 1.807) is 4.90 Å². The maximum Gasteiger partial charge on any atom is 0.320 e. The summed E-state index contributed by atoms with van der Waals surface area (Å²) < 4.78 is 0. The van der Waals surface area contributed by atoms with Crippen molar-refractivity contribution in [2.75, 3.05) is 13.1 Å². The molecule has 5 heteroatoms. The molecule has 1 N–H and O–H groups in total. The third-order valence-electron chi connectivity index (χ3n) is 3.53. The Bertz CT molecular complexity index is 317. The summed E-state index contributed by atoms with van der Waals surface area (Å²) in [6.07, 6.45) is 3.87. The summed E-state index contributed by atoms with van der Waals surface area (Å²) in [4.78, 5) is 27.0. The van der Waals surface area contributed by atoms with Gasteiger partial charge in [-0.15, -0.1) is 0 Å². The van der Waals surface area contributed by atoms with E-state index in [1.807, 2.05) is 32.6 Å². The van der Waals surface area contributed by atoms with Crippen LogP contribution in [0, 0.1) is 0 Å². The fraction of sp³-hybridized carbons (Fsp3) is 0.875. The van der Waals surface area contributed by atoms with Gasteiger partial charge in [0, 0.05) is 31.6 Å². The minimum Gasteiger partial charge on any atom is -0.481 e. The van der Waals surface area contributed by atoms with Gasteiger partial charge in [-0.2, -0.15) is 0 Å². The Hall–Kier alpha value is -1.26. The zero-order valence-corrected chi connectivity index (χ0v) is 14.3. The predicted molar refractivity (Wildman–Crippen MR) is 85.5 cm³/mol. The molecule has 21 heavy (non-hydrogen) atoms. The molecule has 0 heterocycles. The van der Waals surface area contributed by atoms with E-state index in [-0.39, 0.29) is 24.5 Å². The molecule has 0 aliphatic rings. The summed E-state index contributed by atoms with van der Waals surface area (Å²) in [7, 11) is 0. The Labute approximate surface area is 129 Å². The van der Waals surface area contributed by atoms with Gasteiger partial charge in [0.1, 0.15) is 0 Å². The van der Waals surface area contributed by atoms with Gasteiger partial charge >= 0.3 is 12.0 Å². The topological polar surface area (TPSA) is 60.9 Å². The Balaban J connectivity index is 4.67. The van der Waals surface area contributed by atoms with Crippen LogP contribution in [0.15, 0.2) is 0 Å². The molecule has 0 aliphatic carbocycles. The van der Waals surface area contributed by atoms with E-state index in [2.05, 4.69) is 6.92 Å². The van der Waals surface area contributed by atoms with Crippen LogP contribution in [0.2, 0.25) is 0 Å². The van der Waals surface area contributed by atoms with Gasteiger partial charge in [0.2, 0.25) is 0 Å². The second kappa shape index (κ2) is 10.5. The zero-order chi connectivity index (χ0) is 16.4. The fourth-order valence-corrected chi connectivity index (χ4v) is 2.25. The van der Waals surface area contributed by atoms with Crippen LogP contribution in [0.4, 0.5) is 4.79 Å². The molecule has 0 spiro atoms. The van der Waals surface area contributed by atoms with E-state index in [9.17, 15) is 9.59 Å². The van der Waals surface area contributed by atoms with Gasteiger partial charge in [0.25, 0.3) is 0 Å². The van der Waals surface area contributed by atoms with Crippen LogP contribution in [-0.4, -0.2) is 52.1 Å². The second-order valence-corrected chi connectivity index (χ2v) is 6.06. The first-order valence-electron chi connectivity index (χ1n) is 8.10. The average Bonchev–Trinajstić information content (AvgIpc) is 2.38. The smallest absolute Gasteiger partial charge is 0.320 e. The van der Waals surface area contributed by atoms with E-state index in [4.69, 9.17) is 5.11 Å². The third-order valence-corrected chi connectivity index (χ3v) is 3.53. The van der Waals surface area contributed by atoms with Crippen molar-refractivity contribution in [3.8, 4) is 0 Å². The van der Waals surface area contributed by atoms with E-state index in [1.165, 1.54) is 0 Å². The molecule has 0 aromatic carbocycles. The number of rotatable bonds is 10. The normalized spacial score (nSPS) is 11.0. The van der Waals surface area contributed by atoms with E-state index in [0.29, 0.717) is 13.0 Å². The molecule has 5 nitrogen and oxygen atoms in total. The number of aliphatic carboxylic acids is 1. The number of unbranched alkanes of at least 4 members (excludes halogenated alkanes) is 2. The van der Waals surface area contributed by atoms with Gasteiger partial charge in [-0.25, -0.2) is 4.79 Å². The number of nitrogens with zero attached hydrogens (tertiary/aromatic N) is 2. The Morgan fingerprint density at radius 3 is 1.76 bits per heavy atom. The summed E-state index contributed by atoms with van der Waals surface area (Å²) in [6, 6.07) is 0.273. The van der Waals surface area contributed by atoms with Gasteiger partial charge in [-0.3, -0.25) is 4.79 Å². The molecule has 0 fully saturated rings. The van der Waals surface area contributed by atoms with Crippen LogP contribution < -0.4 is 0 Å². The first-order chi connectivity index (χ1) is 9.81. The summed E-state index contributed by atoms with van der Waals surface area (Å²) >= 11 is 0. The van der Waals surface area contributed by atoms with Gasteiger partial charge in [-0.1, -0.05) is 19.8 Å². The lowest BCUT2D eigenvalue weighted by molar-refractivity contribution is -0.137. The number of hydrogen-bond donors (Lipinski definition) is 1. The standard InChI is InChI=1S/C16H32N2O3/c1-6-7-8-11-17(13(2)3)16(21)18(14(4)5)12-9-10-15(19)20/h13-14H,6-12H2,1-5H3,(H,19,20). The molecular weight excluding hydrogens is 268 g/mol. The zero-order valence-electron chi connectivity index (χ0n) is 14.3. The van der Waals surface area contributed by atoms with Crippen LogP contribution in [0.25, 0.3) is 0 Å². The molecule has 0 aromatic heterocycles. The Morgan fingerprint density at radius 2 is 1.38 bits per heavy atom. The number of carboxylic acid groups (broad SMARTS) is 1. The Kier molecular flexibility index (Phi) is 9.84. The highest BCUT2D eigenvalue weighted by Crippen LogP contribution is 2.12. The molecular formula is C16H32N2O3. The molecule has 0 saturated carbocycles. The lowest BCUT2D eigenvalue weighted by Crippen LogP contribution is -2.49. The van der Waals surface area contributed by atoms with E-state index < -0.39 is 5.97 Å². The average molecular weight is 300 g/mol. The van der Waals surface area contributed by atoms with Crippen molar-refractivity contribution in [1.82, 2.24) is 9.80 Å². The van der Waals surface area contributed by atoms with Crippen LogP contribution in [0.1, 0.15) is 66.7 Å². The molecule has 0 aliphatic heterocycles. The summed E-state index contributed by atoms with van der Waals surface area (Å²) in [6.45, 7) is 11.4. The maximum atomic E-state index is 12.7. The van der Waals surface area contributed by atoms with E-state index >= 15 is 0 Å². The fourth-order valence-electron chi connectivity index (χ4n) is 2.25. The summed E-state index contributed by atoms with van der Waals surface area (Å²) in [5.41, 5.74) is 0. The SMILES string of the molecule is CCCCCN(C(=O)N(CCCC(=O)O)C(C)C)C(C)C. The van der Waals surface area contributed by atoms with Crippen molar-refractivity contribution < 1.29 is 14.7 Å². The number of urea groups is 1. The van der Waals surface area contributed by atoms with Crippen LogP contribution in [-0.2, 0) is 4.79 Å². The molecule has 0 atom stereocenters. The van der Waals surface area contributed by atoms with Gasteiger partial charge in [0.05, 0.1) is 0 Å². The van der Waals surface area contributed by atoms with Crippen LogP contribution in [0.3, 0.4) is 0 Å². The minimum atomic E-state index is -0.810. The Morgan fingerprint density at radius 1 is 0.905 bits per heavy atom. The highest BCUT2D eigenvalue weighted by molar-refractivity contribution is 5.75. The largest absolute Gasteiger partial charge is 0.481 e. The molecule has 0 saturated heterocycles. The van der Waals surface area contributed by atoms with Crippen molar-refractivity contribution in [2.24, 2.45) is 0 Å². The molecule has 2 amide bonds. The molecule has 0 bridgehead atoms. The molecule has 0 rings (SSSR count). The molecule has 0 unspecified atom stereocenters. The second-order valence-electron chi connectivity index (χ2n) is 6.06. The first-order valence-corrected chi connectivity index (χ1v) is 8.10. The first kappa shape index (κ1) is 19.7.